The third-order valence-corrected chi connectivity index (χ3v) is 5.95. The molecule has 2 fully saturated rings. The molecular formula is C20H33N5O2. The molecule has 6 N–H and O–H groups in total. The van der Waals surface area contributed by atoms with Gasteiger partial charge in [0.15, 0.2) is 11.5 Å². The van der Waals surface area contributed by atoms with Crippen LogP contribution in [0.15, 0.2) is 12.1 Å². The van der Waals surface area contributed by atoms with Gasteiger partial charge in [0, 0.05) is 29.4 Å². The number of benzene rings is 1. The van der Waals surface area contributed by atoms with Crippen molar-refractivity contribution in [2.75, 3.05) is 25.6 Å². The minimum atomic E-state index is 0.00128. The van der Waals surface area contributed by atoms with Crippen molar-refractivity contribution in [3.05, 3.63) is 17.7 Å². The van der Waals surface area contributed by atoms with E-state index in [0.717, 1.165) is 49.3 Å². The van der Waals surface area contributed by atoms with Crippen LogP contribution in [0.5, 0.6) is 11.5 Å². The lowest BCUT2D eigenvalue weighted by molar-refractivity contribution is 0.168. The summed E-state index contributed by atoms with van der Waals surface area (Å²) < 4.78 is 11.9. The molecule has 2 heterocycles. The zero-order chi connectivity index (χ0) is 18.8. The number of fused-ring (bicyclic) bond motifs is 1. The van der Waals surface area contributed by atoms with E-state index in [-0.39, 0.29) is 12.5 Å². The van der Waals surface area contributed by atoms with Crippen LogP contribution in [0.3, 0.4) is 0 Å². The predicted octanol–water partition coefficient (Wildman–Crippen LogP) is 1.66. The van der Waals surface area contributed by atoms with Gasteiger partial charge in [0.2, 0.25) is 0 Å². The van der Waals surface area contributed by atoms with Crippen LogP contribution in [0.4, 0.5) is 5.69 Å². The average molecular weight is 376 g/mol. The van der Waals surface area contributed by atoms with E-state index in [1.807, 2.05) is 7.05 Å². The Morgan fingerprint density at radius 1 is 1.07 bits per heavy atom. The van der Waals surface area contributed by atoms with Crippen molar-refractivity contribution in [1.82, 2.24) is 16.0 Å². The maximum absolute atomic E-state index is 6.11. The van der Waals surface area contributed by atoms with Gasteiger partial charge in [-0.2, -0.15) is 0 Å². The Bertz CT molecular complexity index is 648. The summed E-state index contributed by atoms with van der Waals surface area (Å²) in [6.07, 6.45) is 5.70. The lowest BCUT2D eigenvalue weighted by Gasteiger charge is -2.37. The maximum atomic E-state index is 6.11. The molecule has 1 aromatic rings. The Kier molecular flexibility index (Phi) is 5.73. The third-order valence-electron chi connectivity index (χ3n) is 5.95. The van der Waals surface area contributed by atoms with Gasteiger partial charge in [-0.15, -0.1) is 0 Å². The molecule has 0 spiro atoms. The van der Waals surface area contributed by atoms with E-state index in [0.29, 0.717) is 31.2 Å². The molecule has 4 rings (SSSR count). The number of nitrogens with one attached hydrogen (secondary N) is 4. The fourth-order valence-corrected chi connectivity index (χ4v) is 4.47. The second kappa shape index (κ2) is 8.22. The van der Waals surface area contributed by atoms with Gasteiger partial charge in [-0.25, -0.2) is 0 Å². The largest absolute Gasteiger partial charge is 0.486 e. The molecule has 0 amide bonds. The van der Waals surface area contributed by atoms with Gasteiger partial charge in [-0.3, -0.25) is 10.6 Å². The van der Waals surface area contributed by atoms with E-state index in [2.05, 4.69) is 40.3 Å². The summed E-state index contributed by atoms with van der Waals surface area (Å²) >= 11 is 0. The fraction of sp³-hybridized carbons (Fsp3) is 0.700. The number of ether oxygens (including phenoxy) is 2. The zero-order valence-electron chi connectivity index (χ0n) is 16.4. The molecule has 27 heavy (non-hydrogen) atoms. The van der Waals surface area contributed by atoms with Gasteiger partial charge >= 0.3 is 0 Å². The fourth-order valence-electron chi connectivity index (χ4n) is 4.47. The first kappa shape index (κ1) is 18.8. The van der Waals surface area contributed by atoms with Crippen molar-refractivity contribution in [2.45, 2.75) is 69.5 Å². The monoisotopic (exact) mass is 375 g/mol. The highest BCUT2D eigenvalue weighted by Crippen LogP contribution is 2.44. The van der Waals surface area contributed by atoms with Gasteiger partial charge < -0.3 is 25.8 Å². The van der Waals surface area contributed by atoms with Crippen LogP contribution in [0.25, 0.3) is 0 Å². The molecule has 3 aliphatic rings. The van der Waals surface area contributed by atoms with Crippen molar-refractivity contribution in [1.29, 1.82) is 0 Å². The summed E-state index contributed by atoms with van der Waals surface area (Å²) in [6.45, 7) is 3.43. The number of rotatable bonds is 4. The molecule has 0 bridgehead atoms. The van der Waals surface area contributed by atoms with Crippen LogP contribution in [0, 0.1) is 0 Å². The summed E-state index contributed by atoms with van der Waals surface area (Å²) in [7, 11) is 1.99. The number of hydrogen-bond donors (Lipinski definition) is 5. The molecule has 1 aliphatic carbocycles. The van der Waals surface area contributed by atoms with Crippen molar-refractivity contribution < 1.29 is 9.47 Å². The normalized spacial score (nSPS) is 33.5. The number of hydrogen-bond acceptors (Lipinski definition) is 7. The van der Waals surface area contributed by atoms with Crippen LogP contribution in [0.2, 0.25) is 0 Å². The highest BCUT2D eigenvalue weighted by Gasteiger charge is 2.28. The molecule has 1 aromatic carbocycles. The lowest BCUT2D eigenvalue weighted by Crippen LogP contribution is -2.63. The Hall–Kier alpha value is -1.54. The van der Waals surface area contributed by atoms with E-state index in [1.54, 1.807) is 0 Å². The summed E-state index contributed by atoms with van der Waals surface area (Å²) in [5.41, 5.74) is 8.43. The van der Waals surface area contributed by atoms with Crippen molar-refractivity contribution in [2.24, 2.45) is 5.73 Å². The van der Waals surface area contributed by atoms with Crippen molar-refractivity contribution in [3.8, 4) is 11.5 Å². The van der Waals surface area contributed by atoms with E-state index in [1.165, 1.54) is 5.56 Å². The molecule has 0 aromatic heterocycles. The maximum Gasteiger partial charge on any atom is 0.164 e. The summed E-state index contributed by atoms with van der Waals surface area (Å²) in [5, 5.41) is 14.0. The van der Waals surface area contributed by atoms with Gasteiger partial charge in [0.25, 0.3) is 0 Å². The second-order valence-electron chi connectivity index (χ2n) is 8.09. The average Bonchev–Trinajstić information content (AvgIpc) is 2.67. The third kappa shape index (κ3) is 4.32. The van der Waals surface area contributed by atoms with Crippen molar-refractivity contribution >= 4 is 5.69 Å². The molecule has 2 aliphatic heterocycles. The molecule has 150 valence electrons. The minimum absolute atomic E-state index is 0.00128. The Labute approximate surface area is 161 Å². The number of nitrogens with two attached hydrogens (primary N) is 1. The molecule has 3 atom stereocenters. The van der Waals surface area contributed by atoms with Crippen molar-refractivity contribution in [3.63, 3.8) is 0 Å². The summed E-state index contributed by atoms with van der Waals surface area (Å²) in [4.78, 5) is 0. The molecule has 1 saturated heterocycles. The first-order valence-electron chi connectivity index (χ1n) is 10.3. The molecule has 7 nitrogen and oxygen atoms in total. The van der Waals surface area contributed by atoms with Gasteiger partial charge in [-0.1, -0.05) is 0 Å². The Morgan fingerprint density at radius 3 is 2.63 bits per heavy atom. The lowest BCUT2D eigenvalue weighted by atomic mass is 9.81. The van der Waals surface area contributed by atoms with Crippen LogP contribution in [0.1, 0.15) is 50.5 Å². The van der Waals surface area contributed by atoms with Gasteiger partial charge in [-0.05, 0) is 58.1 Å². The van der Waals surface area contributed by atoms with Crippen LogP contribution in [-0.2, 0) is 0 Å². The van der Waals surface area contributed by atoms with E-state index in [4.69, 9.17) is 15.2 Å². The van der Waals surface area contributed by atoms with Crippen LogP contribution in [-0.4, -0.2) is 44.8 Å². The molecule has 1 saturated carbocycles. The van der Waals surface area contributed by atoms with E-state index >= 15 is 0 Å². The topological polar surface area (TPSA) is 92.6 Å². The first-order valence-corrected chi connectivity index (χ1v) is 10.3. The highest BCUT2D eigenvalue weighted by atomic mass is 16.6. The SMILES string of the molecule is CNC1CC(C)NC(Nc2cc3c(c(C4CCC(N)CC4)c2)OCCO3)N1. The van der Waals surface area contributed by atoms with E-state index in [9.17, 15) is 0 Å². The molecule has 7 heteroatoms. The first-order chi connectivity index (χ1) is 13.1. The predicted molar refractivity (Wildman–Crippen MR) is 107 cm³/mol. The zero-order valence-corrected chi connectivity index (χ0v) is 16.4. The smallest absolute Gasteiger partial charge is 0.164 e. The molecule has 3 unspecified atom stereocenters. The van der Waals surface area contributed by atoms with E-state index < -0.39 is 0 Å². The Morgan fingerprint density at radius 2 is 1.85 bits per heavy atom. The molecular weight excluding hydrogens is 342 g/mol. The summed E-state index contributed by atoms with van der Waals surface area (Å²) in [5.74, 6) is 2.27. The highest BCUT2D eigenvalue weighted by molar-refractivity contribution is 5.61. The second-order valence-corrected chi connectivity index (χ2v) is 8.09. The summed E-state index contributed by atoms with van der Waals surface area (Å²) in [6, 6.07) is 5.07. The minimum Gasteiger partial charge on any atom is -0.486 e. The van der Waals surface area contributed by atoms with Gasteiger partial charge in [0.1, 0.15) is 19.5 Å². The van der Waals surface area contributed by atoms with Gasteiger partial charge in [0.05, 0.1) is 6.17 Å². The van der Waals surface area contributed by atoms with Crippen LogP contribution >= 0.6 is 0 Å². The molecule has 0 radical (unpaired) electrons. The quantitative estimate of drug-likeness (QED) is 0.546. The number of anilines is 1. The van der Waals surface area contributed by atoms with Crippen LogP contribution < -0.4 is 36.5 Å². The standard InChI is InChI=1S/C20H33N5O2/c1-12-9-18(22-2)25-20(23-12)24-15-10-16(13-3-5-14(21)6-4-13)19-17(11-15)26-7-8-27-19/h10-14,18,20,22-25H,3-9,21H2,1-2H3. The Balaban J connectivity index is 1.57.